The van der Waals surface area contributed by atoms with E-state index in [1.165, 1.54) is 18.4 Å². The number of rotatable bonds is 7. The maximum absolute atomic E-state index is 14.8. The van der Waals surface area contributed by atoms with E-state index in [9.17, 15) is 8.78 Å². The summed E-state index contributed by atoms with van der Waals surface area (Å²) in [5.74, 6) is -0.784. The zero-order chi connectivity index (χ0) is 23.4. The molecule has 0 aromatic heterocycles. The largest absolute Gasteiger partial charge is 0.378 e. The minimum Gasteiger partial charge on any atom is -0.378 e. The Morgan fingerprint density at radius 3 is 2.39 bits per heavy atom. The Labute approximate surface area is 197 Å². The van der Waals surface area contributed by atoms with E-state index in [4.69, 9.17) is 14.2 Å². The zero-order valence-electron chi connectivity index (χ0n) is 20.2. The molecule has 4 rings (SSSR count). The first-order valence-electron chi connectivity index (χ1n) is 12.7. The summed E-state index contributed by atoms with van der Waals surface area (Å²) >= 11 is 0. The molecule has 1 aliphatic carbocycles. The molecule has 1 aromatic rings. The predicted molar refractivity (Wildman–Crippen MR) is 127 cm³/mol. The van der Waals surface area contributed by atoms with Crippen LogP contribution in [-0.4, -0.2) is 37.6 Å². The van der Waals surface area contributed by atoms with Crippen molar-refractivity contribution in [1.82, 2.24) is 0 Å². The van der Waals surface area contributed by atoms with Crippen molar-refractivity contribution in [1.29, 1.82) is 0 Å². The Balaban J connectivity index is 1.33. The smallest absolute Gasteiger partial charge is 0.168 e. The Bertz CT molecular complexity index is 846. The van der Waals surface area contributed by atoms with Gasteiger partial charge in [-0.1, -0.05) is 43.7 Å². The third-order valence-electron chi connectivity index (χ3n) is 7.60. The normalized spacial score (nSPS) is 33.2. The summed E-state index contributed by atoms with van der Waals surface area (Å²) in [6.45, 7) is 7.46. The number of allylic oxidation sites excluding steroid dienone is 2. The molecule has 3 nitrogen and oxygen atoms in total. The Morgan fingerprint density at radius 1 is 1.00 bits per heavy atom. The third kappa shape index (κ3) is 5.41. The van der Waals surface area contributed by atoms with Crippen LogP contribution < -0.4 is 0 Å². The number of ether oxygens (including phenoxy) is 3. The molecular formula is C28H38F2O3. The lowest BCUT2D eigenvalue weighted by molar-refractivity contribution is -0.0964. The number of halogens is 2. The first kappa shape index (κ1) is 24.6. The monoisotopic (exact) mass is 460 g/mol. The molecule has 2 heterocycles. The van der Waals surface area contributed by atoms with Crippen molar-refractivity contribution in [3.05, 3.63) is 53.1 Å². The number of hydrogen-bond acceptors (Lipinski definition) is 3. The summed E-state index contributed by atoms with van der Waals surface area (Å²) in [6.07, 6.45) is 9.59. The molecule has 5 unspecified atom stereocenters. The van der Waals surface area contributed by atoms with Crippen molar-refractivity contribution >= 4 is 5.57 Å². The van der Waals surface area contributed by atoms with Crippen LogP contribution >= 0.6 is 0 Å². The highest BCUT2D eigenvalue weighted by Crippen LogP contribution is 2.42. The van der Waals surface area contributed by atoms with Crippen LogP contribution in [0.5, 0.6) is 0 Å². The summed E-state index contributed by atoms with van der Waals surface area (Å²) in [5.41, 5.74) is 0.995. The summed E-state index contributed by atoms with van der Waals surface area (Å²) in [7, 11) is 0. The molecule has 0 spiro atoms. The maximum atomic E-state index is 14.8. The zero-order valence-corrected chi connectivity index (χ0v) is 20.2. The maximum Gasteiger partial charge on any atom is 0.168 e. The van der Waals surface area contributed by atoms with Crippen LogP contribution in [0.25, 0.3) is 5.57 Å². The molecule has 2 aliphatic heterocycles. The van der Waals surface area contributed by atoms with Gasteiger partial charge in [0, 0.05) is 30.4 Å². The van der Waals surface area contributed by atoms with Gasteiger partial charge < -0.3 is 14.2 Å². The van der Waals surface area contributed by atoms with E-state index in [0.29, 0.717) is 48.7 Å². The highest BCUT2D eigenvalue weighted by atomic mass is 19.2. The van der Waals surface area contributed by atoms with Crippen LogP contribution in [0.1, 0.15) is 82.8 Å². The van der Waals surface area contributed by atoms with Gasteiger partial charge in [-0.2, -0.15) is 0 Å². The van der Waals surface area contributed by atoms with Gasteiger partial charge in [0.05, 0.1) is 25.4 Å². The summed E-state index contributed by atoms with van der Waals surface area (Å²) in [4.78, 5) is 0. The van der Waals surface area contributed by atoms with Crippen molar-refractivity contribution in [3.63, 3.8) is 0 Å². The molecule has 2 fully saturated rings. The van der Waals surface area contributed by atoms with Gasteiger partial charge in [0.2, 0.25) is 0 Å². The van der Waals surface area contributed by atoms with Gasteiger partial charge in [-0.25, -0.2) is 8.78 Å². The minimum atomic E-state index is -1.21. The van der Waals surface area contributed by atoms with E-state index in [2.05, 4.69) is 6.92 Å². The fourth-order valence-electron chi connectivity index (χ4n) is 5.52. The average molecular weight is 461 g/mol. The highest BCUT2D eigenvalue weighted by molar-refractivity contribution is 5.79. The Morgan fingerprint density at radius 2 is 1.79 bits per heavy atom. The van der Waals surface area contributed by atoms with Gasteiger partial charge in [0.1, 0.15) is 5.60 Å². The van der Waals surface area contributed by atoms with E-state index in [0.717, 1.165) is 32.3 Å². The molecule has 1 aromatic carbocycles. The summed E-state index contributed by atoms with van der Waals surface area (Å²) in [6, 6.07) is 7.86. The second-order valence-electron chi connectivity index (χ2n) is 9.96. The van der Waals surface area contributed by atoms with Crippen LogP contribution in [-0.2, 0) is 14.2 Å². The van der Waals surface area contributed by atoms with Gasteiger partial charge in [0.15, 0.2) is 11.7 Å². The molecule has 5 atom stereocenters. The molecule has 0 N–H and O–H groups in total. The Kier molecular flexibility index (Phi) is 8.03. The Hall–Kier alpha value is -1.56. The number of benzene rings is 1. The SMILES string of the molecule is CCCC1CCC(C2CCC(c3ccc(C4=CCC(C)(OCC)C(F)=C4F)cc3)CO2)CO1. The van der Waals surface area contributed by atoms with Gasteiger partial charge in [-0.15, -0.1) is 0 Å². The van der Waals surface area contributed by atoms with E-state index in [-0.39, 0.29) is 6.10 Å². The summed E-state index contributed by atoms with van der Waals surface area (Å²) < 4.78 is 47.3. The minimum absolute atomic E-state index is 0.289. The third-order valence-corrected chi connectivity index (χ3v) is 7.60. The van der Waals surface area contributed by atoms with Crippen LogP contribution in [0, 0.1) is 5.92 Å². The summed E-state index contributed by atoms with van der Waals surface area (Å²) in [5, 5.41) is 0. The first-order valence-corrected chi connectivity index (χ1v) is 12.7. The van der Waals surface area contributed by atoms with Crippen molar-refractivity contribution < 1.29 is 23.0 Å². The van der Waals surface area contributed by atoms with Crippen LogP contribution in [0.4, 0.5) is 8.78 Å². The van der Waals surface area contributed by atoms with E-state index >= 15 is 0 Å². The fourth-order valence-corrected chi connectivity index (χ4v) is 5.52. The van der Waals surface area contributed by atoms with Gasteiger partial charge in [-0.05, 0) is 57.1 Å². The van der Waals surface area contributed by atoms with Gasteiger partial charge in [0.25, 0.3) is 0 Å². The second-order valence-corrected chi connectivity index (χ2v) is 9.96. The molecule has 3 aliphatic rings. The van der Waals surface area contributed by atoms with Gasteiger partial charge >= 0.3 is 0 Å². The van der Waals surface area contributed by atoms with Crippen molar-refractivity contribution in [3.8, 4) is 0 Å². The molecule has 5 heteroatoms. The van der Waals surface area contributed by atoms with Crippen LogP contribution in [0.3, 0.4) is 0 Å². The predicted octanol–water partition coefficient (Wildman–Crippen LogP) is 7.28. The molecule has 182 valence electrons. The van der Waals surface area contributed by atoms with E-state index in [1.807, 2.05) is 24.3 Å². The van der Waals surface area contributed by atoms with Crippen molar-refractivity contribution in [2.45, 2.75) is 89.4 Å². The first-order chi connectivity index (χ1) is 15.9. The quantitative estimate of drug-likeness (QED) is 0.428. The van der Waals surface area contributed by atoms with Crippen LogP contribution in [0.15, 0.2) is 42.0 Å². The van der Waals surface area contributed by atoms with Crippen LogP contribution in [0.2, 0.25) is 0 Å². The van der Waals surface area contributed by atoms with E-state index < -0.39 is 17.3 Å². The standard InChI is InChI=1S/C28H38F2O3/c1-4-6-23-13-11-22(18-31-23)25-14-12-21(17-32-25)19-7-9-20(10-8-19)24-15-16-28(3,33-5-2)27(30)26(24)29/h7-10,15,21-23,25H,4-6,11-14,16-18H2,1-3H3. The lowest BCUT2D eigenvalue weighted by atomic mass is 9.84. The van der Waals surface area contributed by atoms with Gasteiger partial charge in [-0.3, -0.25) is 0 Å². The molecule has 0 saturated carbocycles. The highest BCUT2D eigenvalue weighted by Gasteiger charge is 2.37. The molecule has 2 saturated heterocycles. The number of hydrogen-bond donors (Lipinski definition) is 0. The molecular weight excluding hydrogens is 422 g/mol. The fraction of sp³-hybridized carbons (Fsp3) is 0.643. The molecule has 0 bridgehead atoms. The molecule has 0 radical (unpaired) electrons. The van der Waals surface area contributed by atoms with E-state index in [1.54, 1.807) is 19.9 Å². The molecule has 0 amide bonds. The van der Waals surface area contributed by atoms with Crippen molar-refractivity contribution in [2.24, 2.45) is 5.92 Å². The molecule has 33 heavy (non-hydrogen) atoms. The van der Waals surface area contributed by atoms with Crippen molar-refractivity contribution in [2.75, 3.05) is 19.8 Å². The average Bonchev–Trinajstić information content (AvgIpc) is 2.84. The topological polar surface area (TPSA) is 27.7 Å². The lowest BCUT2D eigenvalue weighted by Crippen LogP contribution is -2.38. The second kappa shape index (κ2) is 10.8. The lowest BCUT2D eigenvalue weighted by Gasteiger charge is -2.38.